The second-order valence-electron chi connectivity index (χ2n) is 5.29. The lowest BCUT2D eigenvalue weighted by atomic mass is 9.74. The number of hydrogen-bond donors (Lipinski definition) is 1. The minimum Gasteiger partial charge on any atom is -0.313 e. The van der Waals surface area contributed by atoms with Gasteiger partial charge in [-0.1, -0.05) is 6.58 Å². The number of hydroxylamine groups is 2. The van der Waals surface area contributed by atoms with Crippen LogP contribution >= 0.6 is 0 Å². The van der Waals surface area contributed by atoms with Crippen LogP contribution in [0.25, 0.3) is 0 Å². The van der Waals surface area contributed by atoms with Crippen LogP contribution in [-0.4, -0.2) is 21.3 Å². The highest BCUT2D eigenvalue weighted by atomic mass is 16.5. The molecule has 14 heavy (non-hydrogen) atoms. The van der Waals surface area contributed by atoms with Gasteiger partial charge in [0.05, 0.1) is 0 Å². The van der Waals surface area contributed by atoms with Gasteiger partial charge in [-0.15, -0.1) is 5.73 Å². The number of rotatable bonds is 1. The van der Waals surface area contributed by atoms with E-state index in [-0.39, 0.29) is 11.1 Å². The van der Waals surface area contributed by atoms with E-state index in [1.807, 2.05) is 6.08 Å². The van der Waals surface area contributed by atoms with Crippen molar-refractivity contribution >= 4 is 0 Å². The molecule has 1 saturated heterocycles. The molecule has 0 aromatic rings. The number of hydrogen-bond acceptors (Lipinski definition) is 2. The summed E-state index contributed by atoms with van der Waals surface area (Å²) in [5.74, 6) is 0.332. The van der Waals surface area contributed by atoms with E-state index in [9.17, 15) is 5.21 Å². The summed E-state index contributed by atoms with van der Waals surface area (Å²) in [5, 5.41) is 11.6. The first-order valence-corrected chi connectivity index (χ1v) is 5.17. The lowest BCUT2D eigenvalue weighted by molar-refractivity contribution is -0.253. The van der Waals surface area contributed by atoms with Gasteiger partial charge in [-0.3, -0.25) is 0 Å². The summed E-state index contributed by atoms with van der Waals surface area (Å²) in [7, 11) is 0. The molecule has 0 saturated carbocycles. The minimum atomic E-state index is -0.230. The SMILES string of the molecule is C=C=CC1CCC(C)(C)N(O)C1(C)C. The molecule has 2 heteroatoms. The van der Waals surface area contributed by atoms with Crippen LogP contribution in [0.2, 0.25) is 0 Å². The van der Waals surface area contributed by atoms with E-state index in [1.54, 1.807) is 0 Å². The van der Waals surface area contributed by atoms with Gasteiger partial charge >= 0.3 is 0 Å². The third kappa shape index (κ3) is 1.78. The maximum Gasteiger partial charge on any atom is 0.0478 e. The lowest BCUT2D eigenvalue weighted by Gasteiger charge is -2.52. The summed E-state index contributed by atoms with van der Waals surface area (Å²) in [6.07, 6.45) is 4.05. The van der Waals surface area contributed by atoms with Crippen LogP contribution < -0.4 is 0 Å². The van der Waals surface area contributed by atoms with Crippen molar-refractivity contribution in [2.45, 2.75) is 51.6 Å². The zero-order valence-electron chi connectivity index (χ0n) is 9.67. The van der Waals surface area contributed by atoms with Crippen molar-refractivity contribution in [1.29, 1.82) is 0 Å². The van der Waals surface area contributed by atoms with Crippen LogP contribution in [0, 0.1) is 5.92 Å². The Morgan fingerprint density at radius 1 is 1.43 bits per heavy atom. The van der Waals surface area contributed by atoms with Crippen molar-refractivity contribution in [2.24, 2.45) is 5.92 Å². The zero-order chi connectivity index (χ0) is 11.0. The Morgan fingerprint density at radius 3 is 2.50 bits per heavy atom. The molecule has 1 N–H and O–H groups in total. The summed E-state index contributed by atoms with van der Waals surface area (Å²) in [6.45, 7) is 11.9. The van der Waals surface area contributed by atoms with E-state index in [0.29, 0.717) is 5.92 Å². The van der Waals surface area contributed by atoms with Gasteiger partial charge in [0, 0.05) is 17.0 Å². The first-order valence-electron chi connectivity index (χ1n) is 5.17. The molecule has 2 nitrogen and oxygen atoms in total. The summed E-state index contributed by atoms with van der Waals surface area (Å²) in [5.41, 5.74) is 2.47. The van der Waals surface area contributed by atoms with E-state index in [1.165, 1.54) is 5.06 Å². The molecule has 1 aliphatic heterocycles. The first kappa shape index (κ1) is 11.5. The Kier molecular flexibility index (Phi) is 2.91. The van der Waals surface area contributed by atoms with Crippen molar-refractivity contribution in [2.75, 3.05) is 0 Å². The van der Waals surface area contributed by atoms with Crippen molar-refractivity contribution < 1.29 is 5.21 Å². The molecule has 1 fully saturated rings. The maximum absolute atomic E-state index is 10.1. The highest BCUT2D eigenvalue weighted by Gasteiger charge is 2.45. The van der Waals surface area contributed by atoms with Crippen LogP contribution in [-0.2, 0) is 0 Å². The summed E-state index contributed by atoms with van der Waals surface area (Å²) >= 11 is 0. The monoisotopic (exact) mass is 195 g/mol. The first-order chi connectivity index (χ1) is 6.32. The highest BCUT2D eigenvalue weighted by molar-refractivity contribution is 5.04. The molecule has 1 rings (SSSR count). The molecule has 0 aliphatic carbocycles. The minimum absolute atomic E-state index is 0.130. The molecular weight excluding hydrogens is 174 g/mol. The topological polar surface area (TPSA) is 23.5 Å². The van der Waals surface area contributed by atoms with Crippen LogP contribution in [0.5, 0.6) is 0 Å². The Bertz CT molecular complexity index is 261. The molecule has 80 valence electrons. The third-order valence-corrected chi connectivity index (χ3v) is 3.41. The smallest absolute Gasteiger partial charge is 0.0478 e. The molecule has 0 radical (unpaired) electrons. The van der Waals surface area contributed by atoms with Crippen LogP contribution in [0.3, 0.4) is 0 Å². The average Bonchev–Trinajstić information content (AvgIpc) is 2.08. The highest BCUT2D eigenvalue weighted by Crippen LogP contribution is 2.40. The van der Waals surface area contributed by atoms with Gasteiger partial charge in [0.1, 0.15) is 0 Å². The normalized spacial score (nSPS) is 30.8. The van der Waals surface area contributed by atoms with Crippen LogP contribution in [0.15, 0.2) is 18.4 Å². The van der Waals surface area contributed by atoms with Gasteiger partial charge < -0.3 is 5.21 Å². The van der Waals surface area contributed by atoms with Crippen LogP contribution in [0.1, 0.15) is 40.5 Å². The Labute approximate surface area is 86.9 Å². The number of piperidine rings is 1. The molecule has 1 aliphatic rings. The standard InChI is InChI=1S/C12H21NO/c1-6-7-10-8-9-11(2,3)13(14)12(10,4)5/h7,10,14H,1,8-9H2,2-5H3. The summed E-state index contributed by atoms with van der Waals surface area (Å²) in [4.78, 5) is 0. The van der Waals surface area contributed by atoms with E-state index in [0.717, 1.165) is 12.8 Å². The van der Waals surface area contributed by atoms with Crippen molar-refractivity contribution in [3.8, 4) is 0 Å². The summed E-state index contributed by atoms with van der Waals surface area (Å²) in [6, 6.07) is 0. The zero-order valence-corrected chi connectivity index (χ0v) is 9.67. The van der Waals surface area contributed by atoms with Gasteiger partial charge in [0.2, 0.25) is 0 Å². The Morgan fingerprint density at radius 2 is 2.00 bits per heavy atom. The molecule has 0 amide bonds. The molecule has 0 aromatic carbocycles. The van der Waals surface area contributed by atoms with E-state index in [2.05, 4.69) is 40.0 Å². The van der Waals surface area contributed by atoms with E-state index < -0.39 is 0 Å². The second kappa shape index (κ2) is 3.54. The number of nitrogens with zero attached hydrogens (tertiary/aromatic N) is 1. The fraction of sp³-hybridized carbons (Fsp3) is 0.750. The van der Waals surface area contributed by atoms with Gasteiger partial charge in [-0.05, 0) is 46.6 Å². The van der Waals surface area contributed by atoms with Crippen molar-refractivity contribution in [3.63, 3.8) is 0 Å². The fourth-order valence-electron chi connectivity index (χ4n) is 2.33. The predicted octanol–water partition coefficient (Wildman–Crippen LogP) is 2.99. The Balaban J connectivity index is 2.95. The second-order valence-corrected chi connectivity index (χ2v) is 5.29. The quantitative estimate of drug-likeness (QED) is 0.650. The third-order valence-electron chi connectivity index (χ3n) is 3.41. The van der Waals surface area contributed by atoms with Gasteiger partial charge in [0.15, 0.2) is 0 Å². The van der Waals surface area contributed by atoms with E-state index in [4.69, 9.17) is 0 Å². The molecule has 0 aromatic heterocycles. The van der Waals surface area contributed by atoms with Gasteiger partial charge in [0.25, 0.3) is 0 Å². The maximum atomic E-state index is 10.1. The van der Waals surface area contributed by atoms with Gasteiger partial charge in [-0.25, -0.2) is 0 Å². The Hall–Kier alpha value is -0.560. The molecule has 0 spiro atoms. The molecule has 1 heterocycles. The lowest BCUT2D eigenvalue weighted by Crippen LogP contribution is -2.60. The molecule has 0 bridgehead atoms. The summed E-state index contributed by atoms with van der Waals surface area (Å²) < 4.78 is 0. The van der Waals surface area contributed by atoms with Crippen molar-refractivity contribution in [3.05, 3.63) is 18.4 Å². The largest absolute Gasteiger partial charge is 0.313 e. The predicted molar refractivity (Wildman–Crippen MR) is 58.2 cm³/mol. The molecular formula is C12H21NO. The molecule has 1 unspecified atom stereocenters. The van der Waals surface area contributed by atoms with Crippen molar-refractivity contribution in [1.82, 2.24) is 5.06 Å². The fourth-order valence-corrected chi connectivity index (χ4v) is 2.33. The van der Waals surface area contributed by atoms with E-state index >= 15 is 0 Å². The molecule has 1 atom stereocenters. The van der Waals surface area contributed by atoms with Crippen LogP contribution in [0.4, 0.5) is 0 Å². The average molecular weight is 195 g/mol. The van der Waals surface area contributed by atoms with Gasteiger partial charge in [-0.2, -0.15) is 5.06 Å².